The van der Waals surface area contributed by atoms with Gasteiger partial charge in [-0.3, -0.25) is 4.79 Å². The maximum absolute atomic E-state index is 12.4. The van der Waals surface area contributed by atoms with Crippen LogP contribution in [0, 0.1) is 0 Å². The molecule has 1 aliphatic rings. The van der Waals surface area contributed by atoms with E-state index in [0.717, 1.165) is 0 Å². The first kappa shape index (κ1) is 16.2. The van der Waals surface area contributed by atoms with Crippen LogP contribution < -0.4 is 10.2 Å². The van der Waals surface area contributed by atoms with Crippen molar-refractivity contribution in [1.82, 2.24) is 10.3 Å². The standard InChI is InChI=1S/C15H21N3O4/c1-2-4-12(15(20)21)17-14(19)11-5-3-6-16-13(11)18-7-9-22-10-8-18/h3,5-6,12H,2,4,7-10H2,1H3,(H,17,19)(H,20,21). The molecule has 2 N–H and O–H groups in total. The van der Waals surface area contributed by atoms with Crippen molar-refractivity contribution in [1.29, 1.82) is 0 Å². The smallest absolute Gasteiger partial charge is 0.326 e. The summed E-state index contributed by atoms with van der Waals surface area (Å²) in [6.07, 6.45) is 2.71. The van der Waals surface area contributed by atoms with Crippen molar-refractivity contribution in [3.8, 4) is 0 Å². The predicted octanol–water partition coefficient (Wildman–Crippen LogP) is 0.901. The largest absolute Gasteiger partial charge is 0.480 e. The Hall–Kier alpha value is -2.15. The van der Waals surface area contributed by atoms with Gasteiger partial charge in [0.15, 0.2) is 0 Å². The molecule has 22 heavy (non-hydrogen) atoms. The highest BCUT2D eigenvalue weighted by Gasteiger charge is 2.24. The molecule has 1 aromatic heterocycles. The molecule has 1 aliphatic heterocycles. The number of carboxylic acids is 1. The highest BCUT2D eigenvalue weighted by Crippen LogP contribution is 2.18. The quantitative estimate of drug-likeness (QED) is 0.811. The Labute approximate surface area is 129 Å². The molecule has 1 aromatic rings. The van der Waals surface area contributed by atoms with Crippen molar-refractivity contribution in [2.75, 3.05) is 31.2 Å². The van der Waals surface area contributed by atoms with Crippen molar-refractivity contribution >= 4 is 17.7 Å². The van der Waals surface area contributed by atoms with Gasteiger partial charge in [-0.2, -0.15) is 0 Å². The number of hydrogen-bond donors (Lipinski definition) is 2. The third kappa shape index (κ3) is 3.94. The number of morpholine rings is 1. The van der Waals surface area contributed by atoms with Crippen LogP contribution in [0.5, 0.6) is 0 Å². The van der Waals surface area contributed by atoms with E-state index in [1.54, 1.807) is 18.3 Å². The first-order valence-electron chi connectivity index (χ1n) is 7.45. The number of amides is 1. The lowest BCUT2D eigenvalue weighted by Crippen LogP contribution is -2.42. The molecule has 0 spiro atoms. The van der Waals surface area contributed by atoms with Crippen LogP contribution in [0.2, 0.25) is 0 Å². The Balaban J connectivity index is 2.16. The van der Waals surface area contributed by atoms with Gasteiger partial charge in [0.2, 0.25) is 0 Å². The van der Waals surface area contributed by atoms with E-state index in [0.29, 0.717) is 50.5 Å². The molecule has 0 radical (unpaired) electrons. The molecule has 7 heteroatoms. The first-order valence-corrected chi connectivity index (χ1v) is 7.45. The summed E-state index contributed by atoms with van der Waals surface area (Å²) >= 11 is 0. The number of carboxylic acid groups (broad SMARTS) is 1. The second-order valence-electron chi connectivity index (χ2n) is 5.13. The van der Waals surface area contributed by atoms with E-state index in [1.807, 2.05) is 11.8 Å². The van der Waals surface area contributed by atoms with Crippen LogP contribution in [0.4, 0.5) is 5.82 Å². The Bertz CT molecular complexity index is 529. The van der Waals surface area contributed by atoms with Crippen LogP contribution in [0.15, 0.2) is 18.3 Å². The number of aliphatic carboxylic acids is 1. The van der Waals surface area contributed by atoms with E-state index in [2.05, 4.69) is 10.3 Å². The second kappa shape index (κ2) is 7.74. The maximum Gasteiger partial charge on any atom is 0.326 e. The lowest BCUT2D eigenvalue weighted by molar-refractivity contribution is -0.139. The molecule has 0 aromatic carbocycles. The van der Waals surface area contributed by atoms with Gasteiger partial charge < -0.3 is 20.1 Å². The molecule has 0 aliphatic carbocycles. The van der Waals surface area contributed by atoms with Crippen molar-refractivity contribution in [3.05, 3.63) is 23.9 Å². The topological polar surface area (TPSA) is 91.8 Å². The SMILES string of the molecule is CCCC(NC(=O)c1cccnc1N1CCOCC1)C(=O)O. The van der Waals surface area contributed by atoms with Crippen molar-refractivity contribution < 1.29 is 19.4 Å². The van der Waals surface area contributed by atoms with E-state index in [-0.39, 0.29) is 0 Å². The number of ether oxygens (including phenoxy) is 1. The van der Waals surface area contributed by atoms with E-state index in [4.69, 9.17) is 9.84 Å². The fraction of sp³-hybridized carbons (Fsp3) is 0.533. The number of carbonyl (C=O) groups excluding carboxylic acids is 1. The summed E-state index contributed by atoms with van der Waals surface area (Å²) in [5, 5.41) is 11.7. The van der Waals surface area contributed by atoms with Crippen LogP contribution in [0.1, 0.15) is 30.1 Å². The molecule has 2 heterocycles. The number of nitrogens with one attached hydrogen (secondary N) is 1. The van der Waals surface area contributed by atoms with E-state index in [9.17, 15) is 9.59 Å². The molecular formula is C15H21N3O4. The fourth-order valence-electron chi connectivity index (χ4n) is 2.38. The van der Waals surface area contributed by atoms with Gasteiger partial charge in [0.1, 0.15) is 11.9 Å². The third-order valence-electron chi connectivity index (χ3n) is 3.52. The maximum atomic E-state index is 12.4. The number of carbonyl (C=O) groups is 2. The normalized spacial score (nSPS) is 16.1. The van der Waals surface area contributed by atoms with Crippen LogP contribution >= 0.6 is 0 Å². The monoisotopic (exact) mass is 307 g/mol. The minimum absolute atomic E-state index is 0.395. The molecular weight excluding hydrogens is 286 g/mol. The molecule has 1 amide bonds. The summed E-state index contributed by atoms with van der Waals surface area (Å²) in [7, 11) is 0. The molecule has 0 bridgehead atoms. The number of hydrogen-bond acceptors (Lipinski definition) is 5. The summed E-state index contributed by atoms with van der Waals surface area (Å²) in [4.78, 5) is 29.9. The molecule has 1 unspecified atom stereocenters. The van der Waals surface area contributed by atoms with Gasteiger partial charge in [0, 0.05) is 19.3 Å². The number of pyridine rings is 1. The summed E-state index contributed by atoms with van der Waals surface area (Å²) in [6, 6.07) is 2.46. The van der Waals surface area contributed by atoms with Crippen LogP contribution in [-0.4, -0.2) is 54.3 Å². The van der Waals surface area contributed by atoms with Gasteiger partial charge in [-0.1, -0.05) is 13.3 Å². The predicted molar refractivity (Wildman–Crippen MR) is 81.1 cm³/mol. The van der Waals surface area contributed by atoms with Crippen molar-refractivity contribution in [2.24, 2.45) is 0 Å². The number of anilines is 1. The second-order valence-corrected chi connectivity index (χ2v) is 5.13. The molecule has 2 rings (SSSR count). The molecule has 1 atom stereocenters. The highest BCUT2D eigenvalue weighted by atomic mass is 16.5. The molecule has 7 nitrogen and oxygen atoms in total. The Morgan fingerprint density at radius 3 is 2.82 bits per heavy atom. The van der Waals surface area contributed by atoms with Crippen LogP contribution in [0.25, 0.3) is 0 Å². The van der Waals surface area contributed by atoms with Crippen molar-refractivity contribution in [2.45, 2.75) is 25.8 Å². The van der Waals surface area contributed by atoms with Crippen LogP contribution in [0.3, 0.4) is 0 Å². The summed E-state index contributed by atoms with van der Waals surface area (Å²) < 4.78 is 5.30. The van der Waals surface area contributed by atoms with Gasteiger partial charge in [-0.05, 0) is 18.6 Å². The third-order valence-corrected chi connectivity index (χ3v) is 3.52. The number of nitrogens with zero attached hydrogens (tertiary/aromatic N) is 2. The molecule has 1 saturated heterocycles. The van der Waals surface area contributed by atoms with Crippen molar-refractivity contribution in [3.63, 3.8) is 0 Å². The van der Waals surface area contributed by atoms with Gasteiger partial charge in [-0.15, -0.1) is 0 Å². The Kier molecular flexibility index (Phi) is 5.71. The average molecular weight is 307 g/mol. The van der Waals surface area contributed by atoms with E-state index in [1.165, 1.54) is 0 Å². The summed E-state index contributed by atoms with van der Waals surface area (Å²) in [5.74, 6) is -0.855. The van der Waals surface area contributed by atoms with E-state index >= 15 is 0 Å². The fourth-order valence-corrected chi connectivity index (χ4v) is 2.38. The molecule has 120 valence electrons. The Morgan fingerprint density at radius 1 is 1.45 bits per heavy atom. The zero-order valence-corrected chi connectivity index (χ0v) is 12.6. The summed E-state index contributed by atoms with van der Waals surface area (Å²) in [5.41, 5.74) is 0.395. The zero-order valence-electron chi connectivity index (χ0n) is 12.6. The average Bonchev–Trinajstić information content (AvgIpc) is 2.55. The van der Waals surface area contributed by atoms with Gasteiger partial charge >= 0.3 is 5.97 Å². The zero-order chi connectivity index (χ0) is 15.9. The lowest BCUT2D eigenvalue weighted by atomic mass is 10.1. The Morgan fingerprint density at radius 2 is 2.18 bits per heavy atom. The number of aromatic nitrogens is 1. The minimum atomic E-state index is -1.02. The van der Waals surface area contributed by atoms with Gasteiger partial charge in [0.05, 0.1) is 18.8 Å². The van der Waals surface area contributed by atoms with E-state index < -0.39 is 17.9 Å². The number of rotatable bonds is 6. The minimum Gasteiger partial charge on any atom is -0.480 e. The molecule has 1 fully saturated rings. The van der Waals surface area contributed by atoms with Crippen LogP contribution in [-0.2, 0) is 9.53 Å². The van der Waals surface area contributed by atoms with Gasteiger partial charge in [-0.25, -0.2) is 9.78 Å². The lowest BCUT2D eigenvalue weighted by Gasteiger charge is -2.29. The first-order chi connectivity index (χ1) is 10.6. The highest BCUT2D eigenvalue weighted by molar-refractivity contribution is 6.00. The summed E-state index contributed by atoms with van der Waals surface area (Å²) in [6.45, 7) is 4.38. The van der Waals surface area contributed by atoms with Gasteiger partial charge in [0.25, 0.3) is 5.91 Å². The molecule has 0 saturated carbocycles.